The molecule has 0 spiro atoms. The summed E-state index contributed by atoms with van der Waals surface area (Å²) >= 11 is 0. The molecule has 0 saturated heterocycles. The van der Waals surface area contributed by atoms with Crippen LogP contribution in [0.2, 0.25) is 0 Å². The van der Waals surface area contributed by atoms with Crippen LogP contribution in [0.15, 0.2) is 23.3 Å². The summed E-state index contributed by atoms with van der Waals surface area (Å²) in [5.41, 5.74) is 2.63. The minimum Gasteiger partial charge on any atom is -0.481 e. The molecule has 4 aliphatic carbocycles. The molecule has 0 aliphatic heterocycles. The molecule has 0 heterocycles. The van der Waals surface area contributed by atoms with Crippen molar-refractivity contribution in [1.82, 2.24) is 0 Å². The van der Waals surface area contributed by atoms with Crippen molar-refractivity contribution in [3.05, 3.63) is 23.3 Å². The van der Waals surface area contributed by atoms with Crippen LogP contribution in [0.25, 0.3) is 0 Å². The lowest BCUT2D eigenvalue weighted by Gasteiger charge is -2.67. The second kappa shape index (κ2) is 11.4. The van der Waals surface area contributed by atoms with E-state index in [0.29, 0.717) is 23.7 Å². The lowest BCUT2D eigenvalue weighted by Crippen LogP contribution is -2.63. The molecule has 0 bridgehead atoms. The lowest BCUT2D eigenvalue weighted by atomic mass is 9.38. The van der Waals surface area contributed by atoms with E-state index in [0.717, 1.165) is 44.1 Å². The fourth-order valence-corrected chi connectivity index (χ4v) is 10.4. The van der Waals surface area contributed by atoms with Gasteiger partial charge in [0.1, 0.15) is 6.10 Å². The molecule has 3 saturated carbocycles. The number of hydrogen-bond donors (Lipinski definition) is 2. The minimum absolute atomic E-state index is 0.0307. The van der Waals surface area contributed by atoms with Gasteiger partial charge in [-0.15, -0.1) is 0 Å². The maximum absolute atomic E-state index is 12.5. The SMILES string of the molecule is CO[C@H]1C=C2[C@@H](CC[C@H](O)C2(C)C)[C@]2(C)CC[C@]3(C)[C@@H]([C@H](C)C[C@H](C=C(C)C)OC(=O)CCC(=O)O)CC[C@@]3(C)[C@H]12. The van der Waals surface area contributed by atoms with Crippen LogP contribution < -0.4 is 0 Å². The second-order valence-electron chi connectivity index (χ2n) is 15.5. The van der Waals surface area contributed by atoms with Gasteiger partial charge >= 0.3 is 11.9 Å². The normalized spacial score (nSPS) is 40.7. The van der Waals surface area contributed by atoms with Gasteiger partial charge in [0.25, 0.3) is 0 Å². The van der Waals surface area contributed by atoms with Crippen molar-refractivity contribution < 1.29 is 29.3 Å². The van der Waals surface area contributed by atoms with Crippen LogP contribution in [0.5, 0.6) is 0 Å². The van der Waals surface area contributed by atoms with Crippen molar-refractivity contribution in [3.63, 3.8) is 0 Å². The third-order valence-corrected chi connectivity index (χ3v) is 12.7. The summed E-state index contributed by atoms with van der Waals surface area (Å²) in [6, 6.07) is 0. The third-order valence-electron chi connectivity index (χ3n) is 12.7. The summed E-state index contributed by atoms with van der Waals surface area (Å²) in [4.78, 5) is 23.4. The predicted molar refractivity (Wildman–Crippen MR) is 161 cm³/mol. The van der Waals surface area contributed by atoms with Gasteiger partial charge in [0.05, 0.1) is 25.0 Å². The van der Waals surface area contributed by atoms with E-state index in [1.807, 2.05) is 27.0 Å². The summed E-state index contributed by atoms with van der Waals surface area (Å²) in [6.07, 6.45) is 10.8. The molecule has 6 nitrogen and oxygen atoms in total. The average Bonchev–Trinajstić information content (AvgIpc) is 3.15. The van der Waals surface area contributed by atoms with Crippen molar-refractivity contribution in [3.8, 4) is 0 Å². The number of ether oxygens (including phenoxy) is 2. The van der Waals surface area contributed by atoms with Gasteiger partial charge in [-0.1, -0.05) is 58.8 Å². The predicted octanol–water partition coefficient (Wildman–Crippen LogP) is 7.35. The highest BCUT2D eigenvalue weighted by Crippen LogP contribution is 2.75. The van der Waals surface area contributed by atoms with Crippen molar-refractivity contribution in [1.29, 1.82) is 0 Å². The molecule has 4 rings (SSSR count). The van der Waals surface area contributed by atoms with Gasteiger partial charge in [-0.05, 0) is 98.9 Å². The topological polar surface area (TPSA) is 93.1 Å². The largest absolute Gasteiger partial charge is 0.481 e. The smallest absolute Gasteiger partial charge is 0.306 e. The first-order valence-electron chi connectivity index (χ1n) is 16.0. The Morgan fingerprint density at radius 3 is 2.32 bits per heavy atom. The van der Waals surface area contributed by atoms with Gasteiger partial charge in [-0.2, -0.15) is 0 Å². The van der Waals surface area contributed by atoms with Crippen LogP contribution in [0.3, 0.4) is 0 Å². The summed E-state index contributed by atoms with van der Waals surface area (Å²) in [5, 5.41) is 19.9. The summed E-state index contributed by atoms with van der Waals surface area (Å²) < 4.78 is 12.2. The Hall–Kier alpha value is -1.66. The molecule has 232 valence electrons. The van der Waals surface area contributed by atoms with E-state index in [-0.39, 0.29) is 52.8 Å². The number of carbonyl (C=O) groups is 2. The standard InChI is InChI=1S/C35H56O6/c1-21(2)18-23(41-30(39)13-12-29(37)38)19-22(3)24-14-15-35(8)31-27(40-9)20-26-25(10-11-28(36)32(26,4)5)33(31,6)16-17-34(24,35)7/h18,20,22-25,27-28,31,36H,10-17,19H2,1-9H3,(H,37,38)/t22-,23+,24-,25-,27+,28+,31-,33+,34-,35+/m1/s1. The highest BCUT2D eigenvalue weighted by atomic mass is 16.5. The first-order valence-corrected chi connectivity index (χ1v) is 16.0. The zero-order valence-electron chi connectivity index (χ0n) is 27.1. The Morgan fingerprint density at radius 1 is 1.02 bits per heavy atom. The molecule has 0 unspecified atom stereocenters. The van der Waals surface area contributed by atoms with Crippen LogP contribution >= 0.6 is 0 Å². The van der Waals surface area contributed by atoms with E-state index in [2.05, 4.69) is 47.6 Å². The monoisotopic (exact) mass is 572 g/mol. The summed E-state index contributed by atoms with van der Waals surface area (Å²) in [6.45, 7) is 18.4. The zero-order chi connectivity index (χ0) is 30.5. The Morgan fingerprint density at radius 2 is 1.71 bits per heavy atom. The molecule has 4 aliphatic rings. The Balaban J connectivity index is 1.61. The van der Waals surface area contributed by atoms with Crippen LogP contribution in [0.4, 0.5) is 0 Å². The first kappa shape index (κ1) is 32.3. The minimum atomic E-state index is -0.983. The maximum Gasteiger partial charge on any atom is 0.306 e. The fraction of sp³-hybridized carbons (Fsp3) is 0.829. The average molecular weight is 573 g/mol. The Bertz CT molecular complexity index is 1070. The molecule has 3 fully saturated rings. The van der Waals surface area contributed by atoms with E-state index in [4.69, 9.17) is 14.6 Å². The van der Waals surface area contributed by atoms with Gasteiger partial charge in [-0.3, -0.25) is 9.59 Å². The van der Waals surface area contributed by atoms with Gasteiger partial charge in [0, 0.05) is 18.4 Å². The van der Waals surface area contributed by atoms with E-state index in [1.54, 1.807) is 0 Å². The fourth-order valence-electron chi connectivity index (χ4n) is 10.4. The highest BCUT2D eigenvalue weighted by molar-refractivity contribution is 5.76. The molecule has 0 amide bonds. The van der Waals surface area contributed by atoms with Crippen molar-refractivity contribution >= 4 is 11.9 Å². The first-order chi connectivity index (χ1) is 19.0. The molecule has 10 atom stereocenters. The number of aliphatic carboxylic acids is 1. The quantitative estimate of drug-likeness (QED) is 0.222. The number of rotatable bonds is 9. The molecule has 41 heavy (non-hydrogen) atoms. The Labute approximate surface area is 248 Å². The number of aliphatic hydroxyl groups is 1. The Kier molecular flexibility index (Phi) is 9.01. The van der Waals surface area contributed by atoms with Gasteiger partial charge < -0.3 is 19.7 Å². The summed E-state index contributed by atoms with van der Waals surface area (Å²) in [5.74, 6) is 0.296. The zero-order valence-corrected chi connectivity index (χ0v) is 27.1. The number of esters is 1. The molecule has 0 aromatic heterocycles. The highest BCUT2D eigenvalue weighted by Gasteiger charge is 2.69. The van der Waals surface area contributed by atoms with Crippen LogP contribution in [-0.2, 0) is 19.1 Å². The molecule has 2 N–H and O–H groups in total. The molecule has 0 aromatic carbocycles. The summed E-state index contributed by atoms with van der Waals surface area (Å²) in [7, 11) is 1.86. The molecular formula is C35H56O6. The second-order valence-corrected chi connectivity index (χ2v) is 15.5. The molecule has 6 heteroatoms. The number of carboxylic acid groups (broad SMARTS) is 1. The van der Waals surface area contributed by atoms with Gasteiger partial charge in [0.2, 0.25) is 0 Å². The number of allylic oxidation sites excluding steroid dienone is 1. The number of aliphatic hydroxyl groups excluding tert-OH is 1. The van der Waals surface area contributed by atoms with E-state index < -0.39 is 11.9 Å². The maximum atomic E-state index is 12.5. The van der Waals surface area contributed by atoms with E-state index in [1.165, 1.54) is 12.0 Å². The number of fused-ring (bicyclic) bond motifs is 5. The van der Waals surface area contributed by atoms with Crippen molar-refractivity contribution in [2.45, 2.75) is 131 Å². The molecular weight excluding hydrogens is 516 g/mol. The van der Waals surface area contributed by atoms with Crippen LogP contribution in [-0.4, -0.2) is 47.6 Å². The molecule has 0 aromatic rings. The molecule has 0 radical (unpaired) electrons. The van der Waals surface area contributed by atoms with Crippen LogP contribution in [0, 0.1) is 45.3 Å². The van der Waals surface area contributed by atoms with Crippen LogP contribution in [0.1, 0.15) is 113 Å². The number of carboxylic acids is 1. The van der Waals surface area contributed by atoms with E-state index in [9.17, 15) is 14.7 Å². The number of carbonyl (C=O) groups excluding carboxylic acids is 1. The van der Waals surface area contributed by atoms with Crippen molar-refractivity contribution in [2.24, 2.45) is 45.3 Å². The van der Waals surface area contributed by atoms with E-state index >= 15 is 0 Å². The number of methoxy groups -OCH3 is 1. The lowest BCUT2D eigenvalue weighted by molar-refractivity contribution is -0.183. The third kappa shape index (κ3) is 5.46. The van der Waals surface area contributed by atoms with Crippen molar-refractivity contribution in [2.75, 3.05) is 7.11 Å². The number of hydrogen-bond acceptors (Lipinski definition) is 5. The van der Waals surface area contributed by atoms with Gasteiger partial charge in [0.15, 0.2) is 0 Å². The van der Waals surface area contributed by atoms with Gasteiger partial charge in [-0.25, -0.2) is 0 Å².